The van der Waals surface area contributed by atoms with Gasteiger partial charge >= 0.3 is 5.97 Å². The van der Waals surface area contributed by atoms with Crippen LogP contribution in [-0.4, -0.2) is 49.3 Å². The normalized spacial score (nSPS) is 16.8. The fraction of sp³-hybridized carbons (Fsp3) is 0.269. The maximum Gasteiger partial charge on any atom is 0.338 e. The molecule has 0 bridgehead atoms. The van der Waals surface area contributed by atoms with Crippen LogP contribution in [0.2, 0.25) is 0 Å². The zero-order valence-electron chi connectivity index (χ0n) is 19.8. The molecular weight excluding hydrogens is 466 g/mol. The van der Waals surface area contributed by atoms with Crippen LogP contribution in [-0.2, 0) is 14.3 Å². The first kappa shape index (κ1) is 24.4. The second-order valence-corrected chi connectivity index (χ2v) is 8.68. The van der Waals surface area contributed by atoms with E-state index >= 15 is 0 Å². The van der Waals surface area contributed by atoms with E-state index in [2.05, 4.69) is 10.3 Å². The smallest absolute Gasteiger partial charge is 0.338 e. The number of amidine groups is 1. The van der Waals surface area contributed by atoms with Crippen LogP contribution in [0.15, 0.2) is 82.0 Å². The molecule has 2 aliphatic heterocycles. The van der Waals surface area contributed by atoms with Crippen molar-refractivity contribution < 1.29 is 23.8 Å². The largest absolute Gasteiger partial charge is 0.497 e. The summed E-state index contributed by atoms with van der Waals surface area (Å²) in [5, 5.41) is 5.52. The van der Waals surface area contributed by atoms with E-state index in [1.807, 2.05) is 64.9 Å². The lowest BCUT2D eigenvalue weighted by Crippen LogP contribution is -2.38. The number of nitrogens with zero attached hydrogens (tertiary/aromatic N) is 2. The number of esters is 1. The van der Waals surface area contributed by atoms with E-state index in [0.29, 0.717) is 35.3 Å². The molecule has 0 aromatic heterocycles. The Morgan fingerprint density at radius 2 is 1.80 bits per heavy atom. The van der Waals surface area contributed by atoms with Crippen LogP contribution < -0.4 is 14.8 Å². The van der Waals surface area contributed by atoms with E-state index in [1.54, 1.807) is 14.0 Å². The number of carbonyl (C=O) groups is 2. The minimum Gasteiger partial charge on any atom is -0.497 e. The molecule has 1 unspecified atom stereocenters. The average Bonchev–Trinajstić information content (AvgIpc) is 3.27. The first-order chi connectivity index (χ1) is 17.0. The van der Waals surface area contributed by atoms with Crippen LogP contribution >= 0.6 is 11.8 Å². The number of allylic oxidation sites excluding steroid dienone is 1. The Hall–Kier alpha value is -3.72. The van der Waals surface area contributed by atoms with E-state index in [1.165, 1.54) is 18.9 Å². The van der Waals surface area contributed by atoms with Crippen LogP contribution in [0.5, 0.6) is 11.5 Å². The summed E-state index contributed by atoms with van der Waals surface area (Å²) in [6.45, 7) is 2.54. The Bertz CT molecular complexity index is 1180. The molecule has 9 heteroatoms. The van der Waals surface area contributed by atoms with Gasteiger partial charge in [-0.05, 0) is 42.2 Å². The van der Waals surface area contributed by atoms with Crippen molar-refractivity contribution in [2.75, 3.05) is 27.4 Å². The molecule has 2 aromatic carbocycles. The second-order valence-electron chi connectivity index (χ2n) is 7.85. The van der Waals surface area contributed by atoms with Crippen molar-refractivity contribution in [3.05, 3.63) is 82.5 Å². The summed E-state index contributed by atoms with van der Waals surface area (Å²) in [6.07, 6.45) is 0.136. The summed E-state index contributed by atoms with van der Waals surface area (Å²) in [7, 11) is 2.96. The number of para-hydroxylation sites is 1. The van der Waals surface area contributed by atoms with Gasteiger partial charge in [0.15, 0.2) is 5.17 Å². The zero-order valence-corrected chi connectivity index (χ0v) is 20.6. The molecule has 1 amide bonds. The summed E-state index contributed by atoms with van der Waals surface area (Å²) in [5.74, 6) is 0.868. The Balaban J connectivity index is 1.49. The van der Waals surface area contributed by atoms with E-state index < -0.39 is 12.0 Å². The number of carbonyl (C=O) groups excluding carboxylic acids is 2. The van der Waals surface area contributed by atoms with E-state index in [4.69, 9.17) is 14.2 Å². The molecular formula is C26H27N3O5S. The molecule has 0 spiro atoms. The van der Waals surface area contributed by atoms with Crippen molar-refractivity contribution >= 4 is 28.8 Å². The third-order valence-corrected chi connectivity index (χ3v) is 6.50. The summed E-state index contributed by atoms with van der Waals surface area (Å²) in [5.41, 5.74) is 2.65. The highest BCUT2D eigenvalue weighted by atomic mass is 32.2. The van der Waals surface area contributed by atoms with E-state index in [-0.39, 0.29) is 12.3 Å². The summed E-state index contributed by atoms with van der Waals surface area (Å²) >= 11 is 1.43. The molecule has 0 fully saturated rings. The van der Waals surface area contributed by atoms with Gasteiger partial charge in [0.1, 0.15) is 18.1 Å². The quantitative estimate of drug-likeness (QED) is 0.417. The van der Waals surface area contributed by atoms with Crippen LogP contribution in [0.3, 0.4) is 0 Å². The number of benzene rings is 2. The van der Waals surface area contributed by atoms with Crippen molar-refractivity contribution in [1.29, 1.82) is 0 Å². The highest BCUT2D eigenvalue weighted by molar-refractivity contribution is 8.16. The van der Waals surface area contributed by atoms with Gasteiger partial charge in [0.25, 0.3) is 0 Å². The molecule has 2 aromatic rings. The minimum atomic E-state index is -0.476. The number of rotatable bonds is 9. The van der Waals surface area contributed by atoms with Gasteiger partial charge in [0.2, 0.25) is 5.91 Å². The molecule has 2 heterocycles. The predicted molar refractivity (Wildman–Crippen MR) is 135 cm³/mol. The fourth-order valence-electron chi connectivity index (χ4n) is 3.95. The van der Waals surface area contributed by atoms with Gasteiger partial charge in [0, 0.05) is 5.70 Å². The maximum absolute atomic E-state index is 12.8. The number of thioether (sulfide) groups is 1. The van der Waals surface area contributed by atoms with Crippen molar-refractivity contribution in [1.82, 2.24) is 10.2 Å². The number of nitrogens with one attached hydrogen (secondary N) is 1. The third kappa shape index (κ3) is 5.51. The topological polar surface area (TPSA) is 89.5 Å². The van der Waals surface area contributed by atoms with E-state index in [0.717, 1.165) is 17.0 Å². The number of hydrogen-bond acceptors (Lipinski definition) is 8. The maximum atomic E-state index is 12.8. The standard InChI is InChI=1S/C26H27N3O5S/c1-17-23(25(31)33-3)24(18-9-11-20(32-2)12-10-18)29-19(16-35-26(29)28-17)15-22(30)27-13-14-34-21-7-5-4-6-8-21/h4-12,16,24H,13-15H2,1-3H3,(H,27,30). The Labute approximate surface area is 208 Å². The van der Waals surface area contributed by atoms with Gasteiger partial charge in [0.05, 0.1) is 44.5 Å². The third-order valence-electron chi connectivity index (χ3n) is 5.62. The van der Waals surface area contributed by atoms with E-state index in [9.17, 15) is 9.59 Å². The minimum absolute atomic E-state index is 0.136. The lowest BCUT2D eigenvalue weighted by atomic mass is 9.94. The predicted octanol–water partition coefficient (Wildman–Crippen LogP) is 4.03. The Morgan fingerprint density at radius 3 is 2.49 bits per heavy atom. The van der Waals surface area contributed by atoms with Crippen LogP contribution in [0.1, 0.15) is 24.9 Å². The molecule has 0 saturated carbocycles. The molecule has 182 valence electrons. The van der Waals surface area contributed by atoms with Gasteiger partial charge in [-0.1, -0.05) is 42.1 Å². The van der Waals surface area contributed by atoms with Gasteiger partial charge in [-0.3, -0.25) is 4.79 Å². The van der Waals surface area contributed by atoms with Crippen LogP contribution in [0, 0.1) is 0 Å². The number of methoxy groups -OCH3 is 2. The van der Waals surface area contributed by atoms with Gasteiger partial charge in [-0.15, -0.1) is 0 Å². The highest BCUT2D eigenvalue weighted by Crippen LogP contribution is 2.44. The molecule has 35 heavy (non-hydrogen) atoms. The summed E-state index contributed by atoms with van der Waals surface area (Å²) in [4.78, 5) is 32.1. The lowest BCUT2D eigenvalue weighted by Gasteiger charge is -2.36. The first-order valence-electron chi connectivity index (χ1n) is 11.1. The van der Waals surface area contributed by atoms with Gasteiger partial charge < -0.3 is 24.4 Å². The van der Waals surface area contributed by atoms with Gasteiger partial charge in [-0.25, -0.2) is 9.79 Å². The van der Waals surface area contributed by atoms with Crippen molar-refractivity contribution in [2.24, 2.45) is 4.99 Å². The molecule has 2 aliphatic rings. The Kier molecular flexibility index (Phi) is 7.77. The monoisotopic (exact) mass is 493 g/mol. The first-order valence-corrected chi connectivity index (χ1v) is 12.0. The van der Waals surface area contributed by atoms with Crippen molar-refractivity contribution in [3.63, 3.8) is 0 Å². The molecule has 0 radical (unpaired) electrons. The second kappa shape index (κ2) is 11.1. The number of hydrogen-bond donors (Lipinski definition) is 1. The number of amides is 1. The number of ether oxygens (including phenoxy) is 3. The molecule has 1 N–H and O–H groups in total. The molecule has 1 atom stereocenters. The van der Waals surface area contributed by atoms with Crippen molar-refractivity contribution in [2.45, 2.75) is 19.4 Å². The fourth-order valence-corrected chi connectivity index (χ4v) is 4.91. The summed E-state index contributed by atoms with van der Waals surface area (Å²) in [6, 6.07) is 16.5. The molecule has 0 saturated heterocycles. The zero-order chi connectivity index (χ0) is 24.8. The molecule has 8 nitrogen and oxygen atoms in total. The van der Waals surface area contributed by atoms with Crippen LogP contribution in [0.4, 0.5) is 0 Å². The number of fused-ring (bicyclic) bond motifs is 1. The lowest BCUT2D eigenvalue weighted by molar-refractivity contribution is -0.136. The van der Waals surface area contributed by atoms with Gasteiger partial charge in [-0.2, -0.15) is 0 Å². The highest BCUT2D eigenvalue weighted by Gasteiger charge is 2.40. The Morgan fingerprint density at radius 1 is 1.06 bits per heavy atom. The number of aliphatic imine (C=N–C) groups is 1. The van der Waals surface area contributed by atoms with Crippen LogP contribution in [0.25, 0.3) is 0 Å². The average molecular weight is 494 g/mol. The van der Waals surface area contributed by atoms with Crippen molar-refractivity contribution in [3.8, 4) is 11.5 Å². The SMILES string of the molecule is COC(=O)C1=C(C)N=C2SC=C(CC(=O)NCCOc3ccccc3)N2C1c1ccc(OC)cc1. The molecule has 0 aliphatic carbocycles. The summed E-state index contributed by atoms with van der Waals surface area (Å²) < 4.78 is 16.0. The molecule has 4 rings (SSSR count).